The van der Waals surface area contributed by atoms with E-state index in [-0.39, 0.29) is 5.91 Å². The Balaban J connectivity index is 1.71. The summed E-state index contributed by atoms with van der Waals surface area (Å²) in [6, 6.07) is 13.4. The van der Waals surface area contributed by atoms with Crippen molar-refractivity contribution < 1.29 is 14.6 Å². The van der Waals surface area contributed by atoms with Gasteiger partial charge in [0.05, 0.1) is 30.5 Å². The number of nitrogens with one attached hydrogen (secondary N) is 1. The van der Waals surface area contributed by atoms with Crippen molar-refractivity contribution in [3.05, 3.63) is 77.7 Å². The van der Waals surface area contributed by atoms with Gasteiger partial charge in [0.1, 0.15) is 5.75 Å². The molecule has 4 rings (SSSR count). The number of aliphatic hydroxyl groups excluding tert-OH is 1. The molecule has 7 nitrogen and oxygen atoms in total. The van der Waals surface area contributed by atoms with Crippen LogP contribution in [0.1, 0.15) is 47.8 Å². The minimum atomic E-state index is -0.610. The van der Waals surface area contributed by atoms with Crippen LogP contribution in [-0.2, 0) is 0 Å². The monoisotopic (exact) mass is 458 g/mol. The number of hydrogen-bond donors (Lipinski definition) is 2. The molecule has 0 aliphatic carbocycles. The van der Waals surface area contributed by atoms with Gasteiger partial charge in [-0.2, -0.15) is 5.10 Å². The number of amides is 1. The zero-order valence-corrected chi connectivity index (χ0v) is 19.9. The first-order valence-corrected chi connectivity index (χ1v) is 11.4. The summed E-state index contributed by atoms with van der Waals surface area (Å²) >= 11 is 0. The molecule has 4 aromatic rings. The number of ether oxygens (including phenoxy) is 1. The summed E-state index contributed by atoms with van der Waals surface area (Å²) in [6.07, 6.45) is 4.90. The number of fused-ring (bicyclic) bond motifs is 1. The highest BCUT2D eigenvalue weighted by molar-refractivity contribution is 5.96. The summed E-state index contributed by atoms with van der Waals surface area (Å²) in [4.78, 5) is 19.6. The number of aryl methyl sites for hydroxylation is 1. The van der Waals surface area contributed by atoms with Gasteiger partial charge in [-0.05, 0) is 51.0 Å². The SMILES string of the molecule is CCOc1cc(C(=O)N(C)C(CC(C)O)c2cncc3cn[nH]c23)ccc1-c1cccc(C)c1. The minimum Gasteiger partial charge on any atom is -0.493 e. The molecule has 0 bridgehead atoms. The molecule has 2 aromatic carbocycles. The van der Waals surface area contributed by atoms with Gasteiger partial charge in [0.15, 0.2) is 0 Å². The van der Waals surface area contributed by atoms with Crippen LogP contribution in [0.4, 0.5) is 0 Å². The Hall–Kier alpha value is -3.71. The molecule has 0 spiro atoms. The summed E-state index contributed by atoms with van der Waals surface area (Å²) in [5.41, 5.74) is 5.28. The van der Waals surface area contributed by atoms with Crippen LogP contribution in [-0.4, -0.2) is 50.9 Å². The quantitative estimate of drug-likeness (QED) is 0.391. The Morgan fingerprint density at radius 3 is 2.74 bits per heavy atom. The lowest BCUT2D eigenvalue weighted by Gasteiger charge is -2.30. The molecule has 0 radical (unpaired) electrons. The van der Waals surface area contributed by atoms with Crippen molar-refractivity contribution >= 4 is 16.8 Å². The molecule has 176 valence electrons. The van der Waals surface area contributed by atoms with Crippen LogP contribution < -0.4 is 4.74 Å². The highest BCUT2D eigenvalue weighted by atomic mass is 16.5. The summed E-state index contributed by atoms with van der Waals surface area (Å²) in [6.45, 7) is 6.19. The number of nitrogens with zero attached hydrogens (tertiary/aromatic N) is 3. The topological polar surface area (TPSA) is 91.3 Å². The molecule has 7 heteroatoms. The molecule has 2 aromatic heterocycles. The van der Waals surface area contributed by atoms with Gasteiger partial charge in [-0.15, -0.1) is 0 Å². The molecule has 0 aliphatic heterocycles. The van der Waals surface area contributed by atoms with Crippen LogP contribution in [0.5, 0.6) is 5.75 Å². The van der Waals surface area contributed by atoms with E-state index in [2.05, 4.69) is 21.2 Å². The molecule has 1 amide bonds. The normalized spacial score (nSPS) is 13.0. The molecule has 0 aliphatic rings. The Bertz CT molecular complexity index is 1300. The van der Waals surface area contributed by atoms with Crippen molar-refractivity contribution in [3.63, 3.8) is 0 Å². The number of carbonyl (C=O) groups excluding carboxylic acids is 1. The Morgan fingerprint density at radius 1 is 1.18 bits per heavy atom. The lowest BCUT2D eigenvalue weighted by molar-refractivity contribution is 0.0664. The molecule has 2 atom stereocenters. The molecule has 2 heterocycles. The summed E-state index contributed by atoms with van der Waals surface area (Å²) < 4.78 is 5.92. The first kappa shape index (κ1) is 23.4. The Labute approximate surface area is 199 Å². The van der Waals surface area contributed by atoms with Crippen LogP contribution in [0.25, 0.3) is 22.0 Å². The van der Waals surface area contributed by atoms with Gasteiger partial charge in [-0.3, -0.25) is 14.9 Å². The lowest BCUT2D eigenvalue weighted by Crippen LogP contribution is -2.33. The van der Waals surface area contributed by atoms with E-state index in [1.807, 2.05) is 44.2 Å². The van der Waals surface area contributed by atoms with Gasteiger partial charge in [0.2, 0.25) is 0 Å². The fourth-order valence-electron chi connectivity index (χ4n) is 4.28. The maximum atomic E-state index is 13.6. The lowest BCUT2D eigenvalue weighted by atomic mass is 9.97. The molecule has 2 N–H and O–H groups in total. The molecule has 0 fully saturated rings. The summed E-state index contributed by atoms with van der Waals surface area (Å²) in [7, 11) is 1.75. The van der Waals surface area contributed by atoms with Crippen LogP contribution in [0.2, 0.25) is 0 Å². The van der Waals surface area contributed by atoms with Crippen LogP contribution in [0.3, 0.4) is 0 Å². The molecular formula is C27H30N4O3. The highest BCUT2D eigenvalue weighted by Crippen LogP contribution is 2.34. The van der Waals surface area contributed by atoms with Gasteiger partial charge in [0.25, 0.3) is 5.91 Å². The zero-order valence-electron chi connectivity index (χ0n) is 19.9. The maximum Gasteiger partial charge on any atom is 0.254 e. The highest BCUT2D eigenvalue weighted by Gasteiger charge is 2.27. The average molecular weight is 459 g/mol. The van der Waals surface area contributed by atoms with Crippen molar-refractivity contribution in [1.29, 1.82) is 0 Å². The second kappa shape index (κ2) is 10.1. The standard InChI is InChI=1S/C27H30N4O3/c1-5-34-25-13-20(9-10-22(25)19-8-6-7-17(2)11-19)27(33)31(4)24(12-18(3)32)23-16-28-14-21-15-29-30-26(21)23/h6-11,13-16,18,24,32H,5,12H2,1-4H3,(H,29,30). The van der Waals surface area contributed by atoms with E-state index in [9.17, 15) is 9.90 Å². The van der Waals surface area contributed by atoms with Crippen molar-refractivity contribution in [2.45, 2.75) is 39.3 Å². The third kappa shape index (κ3) is 4.79. The van der Waals surface area contributed by atoms with Crippen molar-refractivity contribution in [1.82, 2.24) is 20.1 Å². The Kier molecular flexibility index (Phi) is 6.93. The fourth-order valence-corrected chi connectivity index (χ4v) is 4.28. The molecule has 34 heavy (non-hydrogen) atoms. The second-order valence-corrected chi connectivity index (χ2v) is 8.59. The predicted molar refractivity (Wildman–Crippen MR) is 133 cm³/mol. The van der Waals surface area contributed by atoms with Gasteiger partial charge in [-0.25, -0.2) is 0 Å². The van der Waals surface area contributed by atoms with Crippen LogP contribution >= 0.6 is 0 Å². The molecular weight excluding hydrogens is 428 g/mol. The number of carbonyl (C=O) groups is 1. The Morgan fingerprint density at radius 2 is 2.00 bits per heavy atom. The maximum absolute atomic E-state index is 13.6. The number of rotatable bonds is 8. The minimum absolute atomic E-state index is 0.168. The largest absolute Gasteiger partial charge is 0.493 e. The third-order valence-corrected chi connectivity index (χ3v) is 5.95. The third-order valence-electron chi connectivity index (χ3n) is 5.95. The number of pyridine rings is 1. The van der Waals surface area contributed by atoms with Gasteiger partial charge in [0, 0.05) is 41.5 Å². The van der Waals surface area contributed by atoms with E-state index in [4.69, 9.17) is 4.74 Å². The number of aromatic nitrogens is 3. The first-order valence-electron chi connectivity index (χ1n) is 11.4. The van der Waals surface area contributed by atoms with Crippen molar-refractivity contribution in [3.8, 4) is 16.9 Å². The van der Waals surface area contributed by atoms with Crippen molar-refractivity contribution in [2.75, 3.05) is 13.7 Å². The van der Waals surface area contributed by atoms with Gasteiger partial charge >= 0.3 is 0 Å². The van der Waals surface area contributed by atoms with Crippen molar-refractivity contribution in [2.24, 2.45) is 0 Å². The zero-order chi connectivity index (χ0) is 24.2. The first-order chi connectivity index (χ1) is 16.4. The number of hydrogen-bond acceptors (Lipinski definition) is 5. The number of aromatic amines is 1. The summed E-state index contributed by atoms with van der Waals surface area (Å²) in [5.74, 6) is 0.496. The van der Waals surface area contributed by atoms with E-state index < -0.39 is 12.1 Å². The van der Waals surface area contributed by atoms with Gasteiger partial charge in [-0.1, -0.05) is 29.8 Å². The van der Waals surface area contributed by atoms with E-state index in [1.165, 1.54) is 0 Å². The predicted octanol–water partition coefficient (Wildman–Crippen LogP) is 4.92. The molecule has 0 saturated heterocycles. The van der Waals surface area contributed by atoms with E-state index in [0.29, 0.717) is 24.3 Å². The summed E-state index contributed by atoms with van der Waals surface area (Å²) in [5, 5.41) is 18.2. The van der Waals surface area contributed by atoms with E-state index in [0.717, 1.165) is 33.2 Å². The smallest absolute Gasteiger partial charge is 0.254 e. The van der Waals surface area contributed by atoms with E-state index in [1.54, 1.807) is 43.5 Å². The number of H-pyrrole nitrogens is 1. The fraction of sp³-hybridized carbons (Fsp3) is 0.296. The molecule has 2 unspecified atom stereocenters. The average Bonchev–Trinajstić information content (AvgIpc) is 3.31. The molecule has 0 saturated carbocycles. The van der Waals surface area contributed by atoms with Crippen LogP contribution in [0.15, 0.2) is 61.1 Å². The number of benzene rings is 2. The van der Waals surface area contributed by atoms with E-state index >= 15 is 0 Å². The number of aliphatic hydroxyl groups is 1. The van der Waals surface area contributed by atoms with Gasteiger partial charge < -0.3 is 14.7 Å². The van der Waals surface area contributed by atoms with Crippen LogP contribution in [0, 0.1) is 6.92 Å². The second-order valence-electron chi connectivity index (χ2n) is 8.59.